The van der Waals surface area contributed by atoms with Gasteiger partial charge in [-0.3, -0.25) is 5.32 Å². The molecule has 0 aliphatic heterocycles. The Balaban J connectivity index is 2.26. The lowest BCUT2D eigenvalue weighted by Gasteiger charge is -2.08. The molecule has 17 heavy (non-hydrogen) atoms. The molecule has 0 unspecified atom stereocenters. The molecular weight excluding hydrogens is 240 g/mol. The van der Waals surface area contributed by atoms with Crippen molar-refractivity contribution in [2.75, 3.05) is 12.4 Å². The summed E-state index contributed by atoms with van der Waals surface area (Å²) in [4.78, 5) is 11.0. The van der Waals surface area contributed by atoms with Crippen molar-refractivity contribution in [2.24, 2.45) is 0 Å². The van der Waals surface area contributed by atoms with E-state index in [-0.39, 0.29) is 0 Å². The summed E-state index contributed by atoms with van der Waals surface area (Å²) >= 11 is 6.13. The van der Waals surface area contributed by atoms with Crippen molar-refractivity contribution in [2.45, 2.75) is 0 Å². The molecule has 1 aromatic carbocycles. The number of benzene rings is 1. The zero-order valence-corrected chi connectivity index (χ0v) is 9.94. The molecule has 1 N–H and O–H groups in total. The number of halogens is 1. The second kappa shape index (κ2) is 4.93. The topological polar surface area (TPSA) is 43.3 Å². The Bertz CT molecular complexity index is 523. The summed E-state index contributed by atoms with van der Waals surface area (Å²) in [6.45, 7) is 0. The van der Waals surface area contributed by atoms with E-state index in [4.69, 9.17) is 11.6 Å². The number of hydrogen-bond acceptors (Lipinski definition) is 2. The maximum absolute atomic E-state index is 11.0. The Hall–Kier alpha value is -1.94. The van der Waals surface area contributed by atoms with Crippen molar-refractivity contribution in [3.63, 3.8) is 0 Å². The molecule has 2 aromatic rings. The minimum absolute atomic E-state index is 0.519. The van der Waals surface area contributed by atoms with Gasteiger partial charge in [0.15, 0.2) is 0 Å². The average Bonchev–Trinajstić information content (AvgIpc) is 2.82. The highest BCUT2D eigenvalue weighted by molar-refractivity contribution is 6.32. The first-order chi connectivity index (χ1) is 8.20. The molecule has 0 saturated heterocycles. The molecule has 0 spiro atoms. The van der Waals surface area contributed by atoms with E-state index in [1.807, 2.05) is 35.2 Å². The number of ether oxygens (including phenoxy) is 1. The zero-order valence-electron chi connectivity index (χ0n) is 9.18. The van der Waals surface area contributed by atoms with Crippen LogP contribution in [-0.4, -0.2) is 17.8 Å². The number of aromatic nitrogens is 1. The summed E-state index contributed by atoms with van der Waals surface area (Å²) in [5.74, 6) is 0. The minimum atomic E-state index is -0.519. The van der Waals surface area contributed by atoms with Crippen LogP contribution in [0.25, 0.3) is 5.69 Å². The number of amides is 1. The third-order valence-electron chi connectivity index (χ3n) is 2.26. The lowest BCUT2D eigenvalue weighted by molar-refractivity contribution is 0.187. The average molecular weight is 251 g/mol. The molecule has 4 nitrogen and oxygen atoms in total. The molecule has 0 saturated carbocycles. The SMILES string of the molecule is COC(=O)Nc1ccc(-n2cccc2)c(Cl)c1. The summed E-state index contributed by atoms with van der Waals surface area (Å²) in [6, 6.07) is 9.09. The van der Waals surface area contributed by atoms with Crippen LogP contribution in [0.5, 0.6) is 0 Å². The van der Waals surface area contributed by atoms with Gasteiger partial charge in [-0.2, -0.15) is 0 Å². The summed E-state index contributed by atoms with van der Waals surface area (Å²) in [5.41, 5.74) is 1.45. The predicted molar refractivity (Wildman–Crippen MR) is 66.8 cm³/mol. The van der Waals surface area contributed by atoms with E-state index >= 15 is 0 Å². The van der Waals surface area contributed by atoms with E-state index in [0.717, 1.165) is 5.69 Å². The van der Waals surface area contributed by atoms with Crippen LogP contribution in [0.4, 0.5) is 10.5 Å². The second-order valence-corrected chi connectivity index (χ2v) is 3.78. The lowest BCUT2D eigenvalue weighted by Crippen LogP contribution is -2.10. The van der Waals surface area contributed by atoms with Crippen LogP contribution in [0.2, 0.25) is 5.02 Å². The molecule has 88 valence electrons. The summed E-state index contributed by atoms with van der Waals surface area (Å²) < 4.78 is 6.39. The van der Waals surface area contributed by atoms with Crippen molar-refractivity contribution >= 4 is 23.4 Å². The van der Waals surface area contributed by atoms with Gasteiger partial charge in [0.05, 0.1) is 17.8 Å². The summed E-state index contributed by atoms with van der Waals surface area (Å²) in [6.07, 6.45) is 3.28. The van der Waals surface area contributed by atoms with E-state index in [1.54, 1.807) is 12.1 Å². The lowest BCUT2D eigenvalue weighted by atomic mass is 10.3. The van der Waals surface area contributed by atoms with Crippen LogP contribution >= 0.6 is 11.6 Å². The molecule has 0 fully saturated rings. The smallest absolute Gasteiger partial charge is 0.411 e. The fourth-order valence-corrected chi connectivity index (χ4v) is 1.74. The number of anilines is 1. The first kappa shape index (κ1) is 11.5. The Morgan fingerprint density at radius 1 is 1.35 bits per heavy atom. The van der Waals surface area contributed by atoms with E-state index in [2.05, 4.69) is 10.1 Å². The highest BCUT2D eigenvalue weighted by Gasteiger charge is 2.05. The Morgan fingerprint density at radius 3 is 2.65 bits per heavy atom. The van der Waals surface area contributed by atoms with Crippen molar-refractivity contribution in [3.8, 4) is 5.69 Å². The molecular formula is C12H11ClN2O2. The number of hydrogen-bond donors (Lipinski definition) is 1. The fraction of sp³-hybridized carbons (Fsp3) is 0.0833. The van der Waals surface area contributed by atoms with Crippen LogP contribution in [0, 0.1) is 0 Å². The van der Waals surface area contributed by atoms with Crippen molar-refractivity contribution in [3.05, 3.63) is 47.7 Å². The van der Waals surface area contributed by atoms with Crippen molar-refractivity contribution in [1.82, 2.24) is 4.57 Å². The van der Waals surface area contributed by atoms with Gasteiger partial charge in [-0.1, -0.05) is 11.6 Å². The van der Waals surface area contributed by atoms with E-state index in [0.29, 0.717) is 10.7 Å². The van der Waals surface area contributed by atoms with E-state index in [9.17, 15) is 4.79 Å². The Morgan fingerprint density at radius 2 is 2.06 bits per heavy atom. The van der Waals surface area contributed by atoms with Gasteiger partial charge >= 0.3 is 6.09 Å². The number of rotatable bonds is 2. The maximum Gasteiger partial charge on any atom is 0.411 e. The molecule has 0 aliphatic rings. The number of carbonyl (C=O) groups is 1. The van der Waals surface area contributed by atoms with Gasteiger partial charge in [0, 0.05) is 18.1 Å². The first-order valence-corrected chi connectivity index (χ1v) is 5.36. The number of methoxy groups -OCH3 is 1. The van der Waals surface area contributed by atoms with Gasteiger partial charge < -0.3 is 9.30 Å². The minimum Gasteiger partial charge on any atom is -0.453 e. The van der Waals surface area contributed by atoms with E-state index < -0.39 is 6.09 Å². The van der Waals surface area contributed by atoms with Gasteiger partial charge in [-0.05, 0) is 30.3 Å². The molecule has 0 radical (unpaired) electrons. The number of nitrogens with zero attached hydrogens (tertiary/aromatic N) is 1. The summed E-state index contributed by atoms with van der Waals surface area (Å²) in [5, 5.41) is 3.10. The van der Waals surface area contributed by atoms with Crippen LogP contribution < -0.4 is 5.32 Å². The van der Waals surface area contributed by atoms with Crippen molar-refractivity contribution in [1.29, 1.82) is 0 Å². The highest BCUT2D eigenvalue weighted by Crippen LogP contribution is 2.24. The molecule has 2 rings (SSSR count). The van der Waals surface area contributed by atoms with Gasteiger partial charge in [-0.15, -0.1) is 0 Å². The Kier molecular flexibility index (Phi) is 3.35. The third-order valence-corrected chi connectivity index (χ3v) is 2.56. The van der Waals surface area contributed by atoms with E-state index in [1.165, 1.54) is 7.11 Å². The monoisotopic (exact) mass is 250 g/mol. The molecule has 0 bridgehead atoms. The van der Waals surface area contributed by atoms with Gasteiger partial charge in [0.2, 0.25) is 0 Å². The zero-order chi connectivity index (χ0) is 12.3. The van der Waals surface area contributed by atoms with Gasteiger partial charge in [-0.25, -0.2) is 4.79 Å². The van der Waals surface area contributed by atoms with Crippen LogP contribution in [0.3, 0.4) is 0 Å². The molecule has 1 heterocycles. The van der Waals surface area contributed by atoms with Crippen LogP contribution in [0.15, 0.2) is 42.7 Å². The third kappa shape index (κ3) is 2.60. The highest BCUT2D eigenvalue weighted by atomic mass is 35.5. The standard InChI is InChI=1S/C12H11ClN2O2/c1-17-12(16)14-9-4-5-11(10(13)8-9)15-6-2-3-7-15/h2-8H,1H3,(H,14,16). The van der Waals surface area contributed by atoms with Crippen LogP contribution in [-0.2, 0) is 4.74 Å². The Labute approximate surface area is 104 Å². The second-order valence-electron chi connectivity index (χ2n) is 3.37. The molecule has 1 amide bonds. The normalized spacial score (nSPS) is 10.0. The van der Waals surface area contributed by atoms with Crippen molar-refractivity contribution < 1.29 is 9.53 Å². The van der Waals surface area contributed by atoms with Crippen LogP contribution in [0.1, 0.15) is 0 Å². The van der Waals surface area contributed by atoms with Gasteiger partial charge in [0.1, 0.15) is 0 Å². The largest absolute Gasteiger partial charge is 0.453 e. The molecule has 0 atom stereocenters. The number of nitrogens with one attached hydrogen (secondary N) is 1. The fourth-order valence-electron chi connectivity index (χ4n) is 1.46. The maximum atomic E-state index is 11.0. The predicted octanol–water partition coefficient (Wildman–Crippen LogP) is 3.31. The molecule has 0 aliphatic carbocycles. The molecule has 5 heteroatoms. The number of carbonyl (C=O) groups excluding carboxylic acids is 1. The quantitative estimate of drug-likeness (QED) is 0.889. The molecule has 1 aromatic heterocycles. The first-order valence-electron chi connectivity index (χ1n) is 4.98. The summed E-state index contributed by atoms with van der Waals surface area (Å²) in [7, 11) is 1.31. The van der Waals surface area contributed by atoms with Gasteiger partial charge in [0.25, 0.3) is 0 Å².